The third-order valence-corrected chi connectivity index (χ3v) is 4.35. The lowest BCUT2D eigenvalue weighted by Gasteiger charge is -2.32. The molecule has 0 unspecified atom stereocenters. The maximum Gasteiger partial charge on any atom is 0.254 e. The summed E-state index contributed by atoms with van der Waals surface area (Å²) in [5.74, 6) is -3.70. The second kappa shape index (κ2) is 5.19. The van der Waals surface area contributed by atoms with Crippen molar-refractivity contribution in [2.45, 2.75) is 31.7 Å². The van der Waals surface area contributed by atoms with Gasteiger partial charge in [0, 0.05) is 24.4 Å². The number of hydrogen-bond donors (Lipinski definition) is 0. The minimum atomic E-state index is -2.50. The Balaban J connectivity index is 0.00000147. The van der Waals surface area contributed by atoms with Crippen LogP contribution in [-0.2, 0) is 6.54 Å². The molecule has 2 aliphatic rings. The van der Waals surface area contributed by atoms with E-state index < -0.39 is 23.0 Å². The van der Waals surface area contributed by atoms with Crippen LogP contribution >= 0.6 is 12.4 Å². The lowest BCUT2D eigenvalue weighted by molar-refractivity contribution is 0.0299. The van der Waals surface area contributed by atoms with Gasteiger partial charge in [0.25, 0.3) is 5.92 Å². The van der Waals surface area contributed by atoms with Gasteiger partial charge in [0.05, 0.1) is 0 Å². The highest BCUT2D eigenvalue weighted by Crippen LogP contribution is 2.65. The maximum atomic E-state index is 13.2. The number of nitrogens with zero attached hydrogens (tertiary/aromatic N) is 1. The molecule has 3 rings (SSSR count). The van der Waals surface area contributed by atoms with Gasteiger partial charge in [-0.05, 0) is 43.6 Å². The lowest BCUT2D eigenvalue weighted by Crippen LogP contribution is -2.36. The summed E-state index contributed by atoms with van der Waals surface area (Å²) in [6.07, 6.45) is 0.942. The molecule has 0 aromatic heterocycles. The molecule has 0 radical (unpaired) electrons. The van der Waals surface area contributed by atoms with Crippen LogP contribution in [0.5, 0.6) is 0 Å². The van der Waals surface area contributed by atoms with Gasteiger partial charge >= 0.3 is 0 Å². The van der Waals surface area contributed by atoms with Gasteiger partial charge in [-0.1, -0.05) is 0 Å². The smallest absolute Gasteiger partial charge is 0.254 e. The van der Waals surface area contributed by atoms with Crippen molar-refractivity contribution in [3.63, 3.8) is 0 Å². The van der Waals surface area contributed by atoms with Crippen LogP contribution < -0.4 is 0 Å². The molecule has 0 atom stereocenters. The Hall–Kier alpha value is -0.810. The van der Waals surface area contributed by atoms with Gasteiger partial charge in [0.15, 0.2) is 0 Å². The zero-order valence-electron chi connectivity index (χ0n) is 10.8. The molecule has 112 valence electrons. The summed E-state index contributed by atoms with van der Waals surface area (Å²) in [4.78, 5) is 1.98. The Labute approximate surface area is 121 Å². The Kier molecular flexibility index (Phi) is 4.04. The fourth-order valence-electron chi connectivity index (χ4n) is 3.02. The van der Waals surface area contributed by atoms with Gasteiger partial charge in [-0.3, -0.25) is 4.90 Å². The van der Waals surface area contributed by atoms with Crippen molar-refractivity contribution in [3.05, 3.63) is 35.4 Å². The summed E-state index contributed by atoms with van der Waals surface area (Å²) in [7, 11) is 0. The first-order valence-corrected chi connectivity index (χ1v) is 6.45. The molecule has 1 nitrogen and oxygen atoms in total. The third kappa shape index (κ3) is 2.79. The third-order valence-electron chi connectivity index (χ3n) is 4.35. The molecule has 1 spiro atoms. The van der Waals surface area contributed by atoms with Gasteiger partial charge in [-0.15, -0.1) is 12.4 Å². The van der Waals surface area contributed by atoms with Crippen LogP contribution in [0.25, 0.3) is 0 Å². The Morgan fingerprint density at radius 2 is 1.50 bits per heavy atom. The van der Waals surface area contributed by atoms with Crippen LogP contribution in [0.3, 0.4) is 0 Å². The molecule has 0 amide bonds. The van der Waals surface area contributed by atoms with E-state index in [2.05, 4.69) is 0 Å². The number of alkyl halides is 2. The Morgan fingerprint density at radius 1 is 1.00 bits per heavy atom. The zero-order valence-corrected chi connectivity index (χ0v) is 11.7. The summed E-state index contributed by atoms with van der Waals surface area (Å²) in [5.41, 5.74) is -0.229. The monoisotopic (exact) mass is 309 g/mol. The fraction of sp³-hybridized carbons (Fsp3) is 0.571. The molecule has 0 N–H and O–H groups in total. The summed E-state index contributed by atoms with van der Waals surface area (Å²) in [6.45, 7) is 1.54. The van der Waals surface area contributed by atoms with Crippen molar-refractivity contribution in [2.24, 2.45) is 5.41 Å². The first-order valence-electron chi connectivity index (χ1n) is 6.45. The van der Waals surface area contributed by atoms with Crippen molar-refractivity contribution in [1.82, 2.24) is 4.90 Å². The first-order chi connectivity index (χ1) is 8.90. The van der Waals surface area contributed by atoms with Crippen LogP contribution in [0, 0.1) is 17.0 Å². The predicted octanol–water partition coefficient (Wildman–Crippen LogP) is 4.01. The molecule has 1 aliphatic heterocycles. The Bertz CT molecular complexity index is 478. The van der Waals surface area contributed by atoms with Gasteiger partial charge < -0.3 is 0 Å². The standard InChI is InChI=1S/C14H15F4N.ClH/c15-11-5-10(6-12(16)7-11)8-19-3-1-13(2-4-19)9-14(13,17)18;/h5-7H,1-4,8-9H2;1H. The lowest BCUT2D eigenvalue weighted by atomic mass is 9.92. The highest BCUT2D eigenvalue weighted by Gasteiger charge is 2.70. The molecule has 6 heteroatoms. The van der Waals surface area contributed by atoms with E-state index in [1.807, 2.05) is 4.90 Å². The van der Waals surface area contributed by atoms with E-state index in [1.54, 1.807) is 0 Å². The van der Waals surface area contributed by atoms with Crippen LogP contribution in [0.1, 0.15) is 24.8 Å². The molecule has 1 aromatic rings. The molecular weight excluding hydrogens is 294 g/mol. The van der Waals surface area contributed by atoms with Crippen LogP contribution in [0.15, 0.2) is 18.2 Å². The highest BCUT2D eigenvalue weighted by atomic mass is 35.5. The van der Waals surface area contributed by atoms with Crippen molar-refractivity contribution in [1.29, 1.82) is 0 Å². The number of rotatable bonds is 2. The van der Waals surface area contributed by atoms with Crippen molar-refractivity contribution >= 4 is 12.4 Å². The van der Waals surface area contributed by atoms with Crippen molar-refractivity contribution < 1.29 is 17.6 Å². The first kappa shape index (κ1) is 15.6. The van der Waals surface area contributed by atoms with E-state index in [4.69, 9.17) is 0 Å². The molecule has 0 bridgehead atoms. The average molecular weight is 310 g/mol. The van der Waals surface area contributed by atoms with E-state index in [1.165, 1.54) is 12.1 Å². The highest BCUT2D eigenvalue weighted by molar-refractivity contribution is 5.85. The SMILES string of the molecule is Cl.Fc1cc(F)cc(CN2CCC3(CC2)CC3(F)F)c1. The molecule has 1 aromatic carbocycles. The normalized spacial score (nSPS) is 23.4. The average Bonchev–Trinajstić information content (AvgIpc) is 2.82. The number of halogens is 5. The molecular formula is C14H16ClF4N. The summed E-state index contributed by atoms with van der Waals surface area (Å²) < 4.78 is 52.5. The van der Waals surface area contributed by atoms with Crippen LogP contribution in [-0.4, -0.2) is 23.9 Å². The minimum absolute atomic E-state index is 0. The molecule has 1 saturated heterocycles. The topological polar surface area (TPSA) is 3.24 Å². The van der Waals surface area contributed by atoms with Crippen LogP contribution in [0.2, 0.25) is 0 Å². The van der Waals surface area contributed by atoms with E-state index in [0.717, 1.165) is 6.07 Å². The second-order valence-electron chi connectivity index (χ2n) is 5.72. The van der Waals surface area contributed by atoms with Gasteiger partial charge in [0.2, 0.25) is 0 Å². The predicted molar refractivity (Wildman–Crippen MR) is 70.1 cm³/mol. The molecule has 1 heterocycles. The summed E-state index contributed by atoms with van der Waals surface area (Å²) in [5, 5.41) is 0. The number of likely N-dealkylation sites (tertiary alicyclic amines) is 1. The number of piperidine rings is 1. The van der Waals surface area contributed by atoms with E-state index >= 15 is 0 Å². The van der Waals surface area contributed by atoms with Crippen LogP contribution in [0.4, 0.5) is 17.6 Å². The van der Waals surface area contributed by atoms with E-state index in [9.17, 15) is 17.6 Å². The molecule has 20 heavy (non-hydrogen) atoms. The van der Waals surface area contributed by atoms with Gasteiger partial charge in [-0.2, -0.15) is 0 Å². The number of hydrogen-bond acceptors (Lipinski definition) is 1. The molecule has 1 saturated carbocycles. The molecule has 2 fully saturated rings. The minimum Gasteiger partial charge on any atom is -0.299 e. The zero-order chi connectivity index (χ0) is 13.7. The largest absolute Gasteiger partial charge is 0.299 e. The summed E-state index contributed by atoms with van der Waals surface area (Å²) in [6, 6.07) is 3.41. The Morgan fingerprint density at radius 3 is 1.95 bits per heavy atom. The van der Waals surface area contributed by atoms with E-state index in [-0.39, 0.29) is 18.8 Å². The van der Waals surface area contributed by atoms with Gasteiger partial charge in [0.1, 0.15) is 11.6 Å². The van der Waals surface area contributed by atoms with Crippen molar-refractivity contribution in [2.75, 3.05) is 13.1 Å². The number of benzene rings is 1. The second-order valence-corrected chi connectivity index (χ2v) is 5.72. The fourth-order valence-corrected chi connectivity index (χ4v) is 3.02. The summed E-state index contributed by atoms with van der Waals surface area (Å²) >= 11 is 0. The van der Waals surface area contributed by atoms with Gasteiger partial charge in [-0.25, -0.2) is 17.6 Å². The molecule has 1 aliphatic carbocycles. The van der Waals surface area contributed by atoms with E-state index in [0.29, 0.717) is 38.0 Å². The maximum absolute atomic E-state index is 13.2. The van der Waals surface area contributed by atoms with Crippen molar-refractivity contribution in [3.8, 4) is 0 Å². The quantitative estimate of drug-likeness (QED) is 0.746.